The lowest BCUT2D eigenvalue weighted by Gasteiger charge is -2.07. The van der Waals surface area contributed by atoms with Gasteiger partial charge in [-0.1, -0.05) is 23.5 Å². The van der Waals surface area contributed by atoms with Crippen molar-refractivity contribution in [2.75, 3.05) is 11.9 Å². The molecule has 0 fully saturated rings. The highest BCUT2D eigenvalue weighted by Gasteiger charge is 2.15. The van der Waals surface area contributed by atoms with Crippen molar-refractivity contribution >= 4 is 32.7 Å². The first-order chi connectivity index (χ1) is 13.6. The number of rotatable bonds is 4. The van der Waals surface area contributed by atoms with Gasteiger partial charge in [0.15, 0.2) is 5.13 Å². The number of aryl methyl sites for hydroxylation is 1. The molecule has 28 heavy (non-hydrogen) atoms. The largest absolute Gasteiger partial charge is 0.338 e. The third kappa shape index (κ3) is 3.70. The van der Waals surface area contributed by atoms with Crippen molar-refractivity contribution in [3.63, 3.8) is 0 Å². The molecule has 6 nitrogen and oxygen atoms in total. The molecule has 4 aromatic rings. The van der Waals surface area contributed by atoms with Crippen LogP contribution >= 0.6 is 11.3 Å². The van der Waals surface area contributed by atoms with Gasteiger partial charge < -0.3 is 5.32 Å². The molecule has 0 saturated heterocycles. The average molecular weight is 389 g/mol. The Morgan fingerprint density at radius 1 is 1.14 bits per heavy atom. The zero-order valence-electron chi connectivity index (χ0n) is 15.6. The second-order valence-corrected chi connectivity index (χ2v) is 7.34. The fourth-order valence-electron chi connectivity index (χ4n) is 2.91. The lowest BCUT2D eigenvalue weighted by molar-refractivity contribution is 0.252. The Balaban J connectivity index is 1.86. The van der Waals surface area contributed by atoms with Crippen molar-refractivity contribution < 1.29 is 4.79 Å². The molecule has 0 saturated carbocycles. The maximum Gasteiger partial charge on any atom is 0.321 e. The van der Waals surface area contributed by atoms with Crippen LogP contribution in [0.5, 0.6) is 0 Å². The molecule has 2 N–H and O–H groups in total. The van der Waals surface area contributed by atoms with E-state index in [1.807, 2.05) is 56.6 Å². The maximum atomic E-state index is 11.9. The normalized spacial score (nSPS) is 10.8. The number of fused-ring (bicyclic) bond motifs is 1. The lowest BCUT2D eigenvalue weighted by Crippen LogP contribution is -2.28. The van der Waals surface area contributed by atoms with E-state index in [0.29, 0.717) is 11.7 Å². The SMILES string of the molecule is CCNC(=O)Nc1nc2cc(-c3cccnc3)cc(-c3ccc(C)cn3)c2s1. The summed E-state index contributed by atoms with van der Waals surface area (Å²) < 4.78 is 0.982. The number of aromatic nitrogens is 3. The van der Waals surface area contributed by atoms with Crippen molar-refractivity contribution in [3.8, 4) is 22.4 Å². The summed E-state index contributed by atoms with van der Waals surface area (Å²) in [5.41, 5.74) is 5.78. The number of pyridine rings is 2. The van der Waals surface area contributed by atoms with E-state index in [9.17, 15) is 4.79 Å². The summed E-state index contributed by atoms with van der Waals surface area (Å²) in [6.45, 7) is 4.44. The molecule has 140 valence electrons. The molecule has 2 amide bonds. The summed E-state index contributed by atoms with van der Waals surface area (Å²) in [4.78, 5) is 25.3. The highest BCUT2D eigenvalue weighted by Crippen LogP contribution is 2.38. The standard InChI is InChI=1S/C21H19N5OS/c1-3-23-20(27)26-21-25-18-10-15(14-5-4-8-22-12-14)9-16(19(18)28-21)17-7-6-13(2)11-24-17/h4-12H,3H2,1-2H3,(H2,23,25,26,27). The zero-order valence-corrected chi connectivity index (χ0v) is 16.4. The number of anilines is 1. The van der Waals surface area contributed by atoms with Crippen LogP contribution in [-0.2, 0) is 0 Å². The number of amides is 2. The predicted octanol–water partition coefficient (Wildman–Crippen LogP) is 4.87. The molecule has 0 spiro atoms. The Labute approximate surface area is 166 Å². The first-order valence-electron chi connectivity index (χ1n) is 8.97. The molecule has 3 heterocycles. The Kier molecular flexibility index (Phi) is 4.99. The van der Waals surface area contributed by atoms with Gasteiger partial charge >= 0.3 is 6.03 Å². The third-order valence-electron chi connectivity index (χ3n) is 4.23. The van der Waals surface area contributed by atoms with Gasteiger partial charge in [-0.15, -0.1) is 0 Å². The van der Waals surface area contributed by atoms with Gasteiger partial charge in [0.1, 0.15) is 0 Å². The minimum atomic E-state index is -0.260. The number of carbonyl (C=O) groups is 1. The van der Waals surface area contributed by atoms with E-state index >= 15 is 0 Å². The highest BCUT2D eigenvalue weighted by atomic mass is 32.1. The van der Waals surface area contributed by atoms with Crippen LogP contribution in [-0.4, -0.2) is 27.5 Å². The Hall–Kier alpha value is -3.32. The molecule has 4 rings (SSSR count). The van der Waals surface area contributed by atoms with Crippen molar-refractivity contribution in [1.82, 2.24) is 20.3 Å². The molecule has 0 aliphatic carbocycles. The number of nitrogens with zero attached hydrogens (tertiary/aromatic N) is 3. The number of urea groups is 1. The molecule has 0 aliphatic rings. The van der Waals surface area contributed by atoms with Gasteiger partial charge in [-0.05, 0) is 49.2 Å². The van der Waals surface area contributed by atoms with Crippen molar-refractivity contribution in [2.45, 2.75) is 13.8 Å². The van der Waals surface area contributed by atoms with E-state index in [1.165, 1.54) is 11.3 Å². The number of thiazole rings is 1. The van der Waals surface area contributed by atoms with Crippen LogP contribution in [0.3, 0.4) is 0 Å². The highest BCUT2D eigenvalue weighted by molar-refractivity contribution is 7.22. The molecule has 3 aromatic heterocycles. The number of hydrogen-bond donors (Lipinski definition) is 2. The molecule has 0 unspecified atom stereocenters. The van der Waals surface area contributed by atoms with Crippen LogP contribution < -0.4 is 10.6 Å². The van der Waals surface area contributed by atoms with Crippen molar-refractivity contribution in [1.29, 1.82) is 0 Å². The molecule has 0 aliphatic heterocycles. The molecule has 7 heteroatoms. The van der Waals surface area contributed by atoms with Gasteiger partial charge in [-0.25, -0.2) is 9.78 Å². The van der Waals surface area contributed by atoms with E-state index in [0.717, 1.165) is 38.2 Å². The average Bonchev–Trinajstić information content (AvgIpc) is 3.11. The van der Waals surface area contributed by atoms with Crippen LogP contribution in [0.25, 0.3) is 32.6 Å². The Morgan fingerprint density at radius 2 is 2.04 bits per heavy atom. The second-order valence-electron chi connectivity index (χ2n) is 6.34. The first-order valence-corrected chi connectivity index (χ1v) is 9.78. The maximum absolute atomic E-state index is 11.9. The zero-order chi connectivity index (χ0) is 19.5. The minimum Gasteiger partial charge on any atom is -0.338 e. The van der Waals surface area contributed by atoms with E-state index in [4.69, 9.17) is 0 Å². The number of nitrogens with one attached hydrogen (secondary N) is 2. The van der Waals surface area contributed by atoms with Gasteiger partial charge in [-0.3, -0.25) is 15.3 Å². The summed E-state index contributed by atoms with van der Waals surface area (Å²) >= 11 is 1.44. The number of hydrogen-bond acceptors (Lipinski definition) is 5. The quantitative estimate of drug-likeness (QED) is 0.522. The molecule has 1 aromatic carbocycles. The third-order valence-corrected chi connectivity index (χ3v) is 5.25. The van der Waals surface area contributed by atoms with E-state index < -0.39 is 0 Å². The summed E-state index contributed by atoms with van der Waals surface area (Å²) in [5.74, 6) is 0. The summed E-state index contributed by atoms with van der Waals surface area (Å²) in [5, 5.41) is 6.08. The van der Waals surface area contributed by atoms with Gasteiger partial charge in [0.25, 0.3) is 0 Å². The Bertz CT molecular complexity index is 1120. The predicted molar refractivity (Wildman–Crippen MR) is 114 cm³/mol. The monoisotopic (exact) mass is 389 g/mol. The molecule has 0 radical (unpaired) electrons. The first kappa shape index (κ1) is 18.1. The molecule has 0 bridgehead atoms. The summed E-state index contributed by atoms with van der Waals surface area (Å²) in [6, 6.07) is 11.8. The van der Waals surface area contributed by atoms with Crippen LogP contribution in [0, 0.1) is 6.92 Å². The second kappa shape index (κ2) is 7.74. The summed E-state index contributed by atoms with van der Waals surface area (Å²) in [6.07, 6.45) is 5.43. The fraction of sp³-hybridized carbons (Fsp3) is 0.143. The van der Waals surface area contributed by atoms with E-state index in [2.05, 4.69) is 31.7 Å². The molecule has 0 atom stereocenters. The van der Waals surface area contributed by atoms with Gasteiger partial charge in [-0.2, -0.15) is 0 Å². The van der Waals surface area contributed by atoms with Crippen LogP contribution in [0.4, 0.5) is 9.93 Å². The van der Waals surface area contributed by atoms with Crippen molar-refractivity contribution in [2.24, 2.45) is 0 Å². The van der Waals surface area contributed by atoms with Crippen LogP contribution in [0.1, 0.15) is 12.5 Å². The van der Waals surface area contributed by atoms with Gasteiger partial charge in [0, 0.05) is 36.3 Å². The Morgan fingerprint density at radius 3 is 2.75 bits per heavy atom. The van der Waals surface area contributed by atoms with Crippen LogP contribution in [0.2, 0.25) is 0 Å². The topological polar surface area (TPSA) is 79.8 Å². The smallest absolute Gasteiger partial charge is 0.321 e. The fourth-order valence-corrected chi connectivity index (χ4v) is 3.87. The number of carbonyl (C=O) groups excluding carboxylic acids is 1. The lowest BCUT2D eigenvalue weighted by atomic mass is 10.0. The number of benzene rings is 1. The van der Waals surface area contributed by atoms with Gasteiger partial charge in [0.05, 0.1) is 15.9 Å². The molecular formula is C21H19N5OS. The van der Waals surface area contributed by atoms with E-state index in [1.54, 1.807) is 6.20 Å². The molecular weight excluding hydrogens is 370 g/mol. The van der Waals surface area contributed by atoms with E-state index in [-0.39, 0.29) is 6.03 Å². The van der Waals surface area contributed by atoms with Gasteiger partial charge in [0.2, 0.25) is 0 Å². The summed E-state index contributed by atoms with van der Waals surface area (Å²) in [7, 11) is 0. The minimum absolute atomic E-state index is 0.260. The van der Waals surface area contributed by atoms with Crippen molar-refractivity contribution in [3.05, 3.63) is 60.6 Å². The van der Waals surface area contributed by atoms with Crippen LogP contribution in [0.15, 0.2) is 55.0 Å².